The van der Waals surface area contributed by atoms with Gasteiger partial charge in [0.25, 0.3) is 0 Å². The molecule has 0 aliphatic carbocycles. The fraction of sp³-hybridized carbons (Fsp3) is 0.385. The van der Waals surface area contributed by atoms with Crippen LogP contribution in [0.3, 0.4) is 0 Å². The minimum Gasteiger partial charge on any atom is -0.380 e. The van der Waals surface area contributed by atoms with Gasteiger partial charge in [-0.1, -0.05) is 12.1 Å². The van der Waals surface area contributed by atoms with E-state index >= 15 is 0 Å². The summed E-state index contributed by atoms with van der Waals surface area (Å²) in [4.78, 5) is 15.2. The molecule has 0 fully saturated rings. The number of amides is 1. The summed E-state index contributed by atoms with van der Waals surface area (Å²) >= 11 is 0. The highest BCUT2D eigenvalue weighted by atomic mass is 32.2. The van der Waals surface area contributed by atoms with Crippen molar-refractivity contribution in [1.29, 1.82) is 0 Å². The number of sulfonamides is 1. The van der Waals surface area contributed by atoms with E-state index in [1.807, 2.05) is 0 Å². The number of nitrogens with one attached hydrogen (secondary N) is 2. The van der Waals surface area contributed by atoms with Crippen LogP contribution in [0.4, 0.5) is 18.9 Å². The van der Waals surface area contributed by atoms with Gasteiger partial charge in [0.1, 0.15) is 0 Å². The van der Waals surface area contributed by atoms with Crippen LogP contribution in [0.5, 0.6) is 0 Å². The molecule has 1 amide bonds. The molecule has 0 saturated carbocycles. The van der Waals surface area contributed by atoms with Gasteiger partial charge in [0.15, 0.2) is 0 Å². The molecule has 3 rings (SSSR count). The van der Waals surface area contributed by atoms with Crippen LogP contribution in [-0.4, -0.2) is 57.4 Å². The van der Waals surface area contributed by atoms with Gasteiger partial charge in [-0.3, -0.25) is 4.79 Å². The molecule has 0 aliphatic rings. The van der Waals surface area contributed by atoms with E-state index in [-0.39, 0.29) is 23.8 Å². The first-order valence-corrected chi connectivity index (χ1v) is 13.9. The topological polar surface area (TPSA) is 138 Å². The predicted molar refractivity (Wildman–Crippen MR) is 143 cm³/mol. The summed E-state index contributed by atoms with van der Waals surface area (Å²) in [6.45, 7) is 2.26. The quantitative estimate of drug-likeness (QED) is 0.220. The molecule has 1 aromatic heterocycles. The number of nitrogens with two attached hydrogens (primary N) is 1. The van der Waals surface area contributed by atoms with E-state index in [1.54, 1.807) is 23.2 Å². The Morgan fingerprint density at radius 3 is 2.40 bits per heavy atom. The van der Waals surface area contributed by atoms with Crippen LogP contribution < -0.4 is 15.8 Å². The number of halogens is 3. The monoisotopic (exact) mass is 583 g/mol. The van der Waals surface area contributed by atoms with E-state index in [1.165, 1.54) is 31.3 Å². The predicted octanol–water partition coefficient (Wildman–Crippen LogP) is 3.39. The van der Waals surface area contributed by atoms with Gasteiger partial charge in [0, 0.05) is 43.6 Å². The molecule has 40 heavy (non-hydrogen) atoms. The molecular weight excluding hydrogens is 551 g/mol. The van der Waals surface area contributed by atoms with Crippen LogP contribution in [0.2, 0.25) is 0 Å². The maximum atomic E-state index is 12.9. The van der Waals surface area contributed by atoms with Gasteiger partial charge < -0.3 is 25.1 Å². The van der Waals surface area contributed by atoms with Crippen molar-refractivity contribution in [3.63, 3.8) is 0 Å². The number of primary amides is 1. The summed E-state index contributed by atoms with van der Waals surface area (Å²) in [5.74, 6) is -0.364. The van der Waals surface area contributed by atoms with Crippen LogP contribution in [0.15, 0.2) is 59.9 Å². The number of alkyl halides is 3. The molecule has 0 radical (unpaired) electrons. The second-order valence-corrected chi connectivity index (χ2v) is 10.6. The van der Waals surface area contributed by atoms with Crippen molar-refractivity contribution in [3.05, 3.63) is 66.1 Å². The minimum absolute atomic E-state index is 0.0405. The molecule has 0 atom stereocenters. The number of nitrogens with zero attached hydrogens (tertiary/aromatic N) is 2. The molecule has 0 spiro atoms. The number of anilines is 1. The second kappa shape index (κ2) is 14.3. The average Bonchev–Trinajstić information content (AvgIpc) is 3.39. The molecule has 0 bridgehead atoms. The zero-order chi connectivity index (χ0) is 29.2. The molecular formula is C26H32F3N5O5S. The lowest BCUT2D eigenvalue weighted by molar-refractivity contribution is -0.137. The van der Waals surface area contributed by atoms with Crippen molar-refractivity contribution >= 4 is 21.6 Å². The minimum atomic E-state index is -4.42. The summed E-state index contributed by atoms with van der Waals surface area (Å²) in [6, 6.07) is 9.31. The smallest absolute Gasteiger partial charge is 0.380 e. The highest BCUT2D eigenvalue weighted by Crippen LogP contribution is 2.31. The Labute approximate surface area is 230 Å². The largest absolute Gasteiger partial charge is 0.416 e. The van der Waals surface area contributed by atoms with Gasteiger partial charge in [0.2, 0.25) is 15.9 Å². The molecule has 218 valence electrons. The van der Waals surface area contributed by atoms with Crippen LogP contribution in [-0.2, 0) is 43.6 Å². The van der Waals surface area contributed by atoms with E-state index in [9.17, 15) is 26.4 Å². The first-order valence-electron chi connectivity index (χ1n) is 12.4. The van der Waals surface area contributed by atoms with Gasteiger partial charge in [-0.2, -0.15) is 13.2 Å². The summed E-state index contributed by atoms with van der Waals surface area (Å²) in [7, 11) is -2.42. The summed E-state index contributed by atoms with van der Waals surface area (Å²) in [5.41, 5.74) is 6.52. The number of rotatable bonds is 16. The maximum absolute atomic E-state index is 12.9. The lowest BCUT2D eigenvalue weighted by Gasteiger charge is -2.14. The summed E-state index contributed by atoms with van der Waals surface area (Å²) in [6.07, 6.45) is -0.237. The fourth-order valence-corrected chi connectivity index (χ4v) is 4.40. The third kappa shape index (κ3) is 9.33. The fourth-order valence-electron chi connectivity index (χ4n) is 3.65. The molecule has 3 aromatic rings. The maximum Gasteiger partial charge on any atom is 0.416 e. The van der Waals surface area contributed by atoms with Gasteiger partial charge in [-0.15, -0.1) is 0 Å². The highest BCUT2D eigenvalue weighted by Gasteiger charge is 2.29. The first kappa shape index (κ1) is 31.1. The lowest BCUT2D eigenvalue weighted by atomic mass is 10.1. The number of imidazole rings is 1. The third-order valence-electron chi connectivity index (χ3n) is 5.82. The van der Waals surface area contributed by atoms with Gasteiger partial charge >= 0.3 is 6.18 Å². The van der Waals surface area contributed by atoms with E-state index < -0.39 is 21.8 Å². The molecule has 0 unspecified atom stereocenters. The normalized spacial score (nSPS) is 12.0. The molecule has 0 aliphatic heterocycles. The molecule has 1 heterocycles. The van der Waals surface area contributed by atoms with Crippen molar-refractivity contribution in [2.24, 2.45) is 5.73 Å². The van der Waals surface area contributed by atoms with Crippen LogP contribution >= 0.6 is 0 Å². The Hall–Kier alpha value is -3.46. The number of ether oxygens (including phenoxy) is 2. The SMILES string of the molecule is CNS(=O)(=O)c1ccc(NCc2ccc(C(F)(F)F)cc2)c(-c2cn(CCOCCOCCCC(N)=O)cn2)c1. The Morgan fingerprint density at radius 1 is 1.05 bits per heavy atom. The Balaban J connectivity index is 1.64. The number of benzene rings is 2. The second-order valence-electron chi connectivity index (χ2n) is 8.75. The number of hydrogen-bond donors (Lipinski definition) is 3. The van der Waals surface area contributed by atoms with Gasteiger partial charge in [-0.25, -0.2) is 18.1 Å². The average molecular weight is 584 g/mol. The van der Waals surface area contributed by atoms with E-state index in [2.05, 4.69) is 15.0 Å². The van der Waals surface area contributed by atoms with Crippen LogP contribution in [0.25, 0.3) is 11.3 Å². The zero-order valence-electron chi connectivity index (χ0n) is 21.9. The molecule has 4 N–H and O–H groups in total. The zero-order valence-corrected chi connectivity index (χ0v) is 22.7. The van der Waals surface area contributed by atoms with Crippen molar-refractivity contribution < 1.29 is 35.9 Å². The molecule has 2 aromatic carbocycles. The van der Waals surface area contributed by atoms with Gasteiger partial charge in [0.05, 0.1) is 42.3 Å². The van der Waals surface area contributed by atoms with Crippen molar-refractivity contribution in [1.82, 2.24) is 14.3 Å². The molecule has 14 heteroatoms. The summed E-state index contributed by atoms with van der Waals surface area (Å²) in [5, 5.41) is 3.17. The van der Waals surface area contributed by atoms with Crippen LogP contribution in [0.1, 0.15) is 24.0 Å². The third-order valence-corrected chi connectivity index (χ3v) is 7.23. The summed E-state index contributed by atoms with van der Waals surface area (Å²) < 4.78 is 78.4. The van der Waals surface area contributed by atoms with E-state index in [4.69, 9.17) is 15.2 Å². The first-order chi connectivity index (χ1) is 19.0. The number of carbonyl (C=O) groups is 1. The highest BCUT2D eigenvalue weighted by molar-refractivity contribution is 7.89. The number of aromatic nitrogens is 2. The molecule has 0 saturated heterocycles. The Kier molecular flexibility index (Phi) is 11.1. The van der Waals surface area contributed by atoms with Crippen molar-refractivity contribution in [2.45, 2.75) is 37.0 Å². The van der Waals surface area contributed by atoms with Crippen molar-refractivity contribution in [3.8, 4) is 11.3 Å². The van der Waals surface area contributed by atoms with E-state index in [0.717, 1.165) is 12.1 Å². The standard InChI is InChI=1S/C26H32F3N5O5S/c1-31-40(36,37)21-8-9-23(32-16-19-4-6-20(7-5-19)26(27,28)29)22(15-21)24-17-34(18-33-24)10-12-39-14-13-38-11-2-3-25(30)35/h4-9,15,17-18,31-32H,2-3,10-14,16H2,1H3,(H2,30,35). The van der Waals surface area contributed by atoms with Crippen molar-refractivity contribution in [2.75, 3.05) is 38.8 Å². The number of hydrogen-bond acceptors (Lipinski definition) is 7. The Morgan fingerprint density at radius 2 is 1.75 bits per heavy atom. The van der Waals surface area contributed by atoms with E-state index in [0.29, 0.717) is 61.9 Å². The molecule has 10 nitrogen and oxygen atoms in total. The van der Waals surface area contributed by atoms with Gasteiger partial charge in [-0.05, 0) is 49.4 Å². The number of carbonyl (C=O) groups excluding carboxylic acids is 1. The Bertz CT molecular complexity index is 1360. The lowest BCUT2D eigenvalue weighted by Crippen LogP contribution is -2.18. The van der Waals surface area contributed by atoms with Crippen LogP contribution in [0, 0.1) is 0 Å².